The van der Waals surface area contributed by atoms with Gasteiger partial charge in [0.2, 0.25) is 5.91 Å². The normalized spacial score (nSPS) is 12.2. The smallest absolute Gasteiger partial charge is 0.220 e. The van der Waals surface area contributed by atoms with Crippen LogP contribution in [-0.4, -0.2) is 21.2 Å². The van der Waals surface area contributed by atoms with Crippen LogP contribution in [0, 0.1) is 19.7 Å². The average Bonchev–Trinajstić information content (AvgIpc) is 2.78. The van der Waals surface area contributed by atoms with Gasteiger partial charge >= 0.3 is 0 Å². The lowest BCUT2D eigenvalue weighted by Crippen LogP contribution is -2.27. The molecular formula is C16H20FN3O2. The summed E-state index contributed by atoms with van der Waals surface area (Å²) in [5.41, 5.74) is 3.54. The van der Waals surface area contributed by atoms with E-state index in [9.17, 15) is 14.3 Å². The minimum Gasteiger partial charge on any atom is -0.505 e. The molecule has 6 heteroatoms. The highest BCUT2D eigenvalue weighted by molar-refractivity contribution is 5.76. The van der Waals surface area contributed by atoms with Crippen molar-refractivity contribution in [2.45, 2.75) is 39.7 Å². The third kappa shape index (κ3) is 3.63. The Labute approximate surface area is 128 Å². The number of aryl methyl sites for hydroxylation is 2. The van der Waals surface area contributed by atoms with E-state index in [4.69, 9.17) is 0 Å². The summed E-state index contributed by atoms with van der Waals surface area (Å²) < 4.78 is 13.3. The van der Waals surface area contributed by atoms with Gasteiger partial charge < -0.3 is 10.4 Å². The maximum absolute atomic E-state index is 13.3. The van der Waals surface area contributed by atoms with E-state index < -0.39 is 11.6 Å². The van der Waals surface area contributed by atoms with Gasteiger partial charge in [-0.2, -0.15) is 5.10 Å². The number of aromatic nitrogens is 2. The predicted octanol–water partition coefficient (Wildman–Crippen LogP) is 2.68. The standard InChI is InChI=1S/C16H20FN3O2/c1-9(12-4-6-15(21)14(17)8-12)18-16(22)7-5-13-10(2)19-20-11(13)3/h4,6,8-9,21H,5,7H2,1-3H3,(H,18,22)(H,19,20)/t9-/m1/s1. The zero-order valence-corrected chi connectivity index (χ0v) is 12.9. The topological polar surface area (TPSA) is 78.0 Å². The Kier molecular flexibility index (Phi) is 4.80. The molecule has 1 heterocycles. The second-order valence-corrected chi connectivity index (χ2v) is 5.41. The first-order chi connectivity index (χ1) is 10.4. The van der Waals surface area contributed by atoms with Crippen LogP contribution in [0.1, 0.15) is 41.9 Å². The highest BCUT2D eigenvalue weighted by Crippen LogP contribution is 2.21. The number of phenolic OH excluding ortho intramolecular Hbond substituents is 1. The molecule has 1 atom stereocenters. The minimum atomic E-state index is -0.691. The average molecular weight is 305 g/mol. The van der Waals surface area contributed by atoms with E-state index in [2.05, 4.69) is 15.5 Å². The lowest BCUT2D eigenvalue weighted by molar-refractivity contribution is -0.121. The molecule has 0 bridgehead atoms. The molecule has 1 aromatic carbocycles. The molecule has 0 saturated heterocycles. The maximum atomic E-state index is 13.3. The van der Waals surface area contributed by atoms with Crippen LogP contribution >= 0.6 is 0 Å². The Balaban J connectivity index is 1.92. The molecule has 0 radical (unpaired) electrons. The van der Waals surface area contributed by atoms with Crippen molar-refractivity contribution in [3.63, 3.8) is 0 Å². The van der Waals surface area contributed by atoms with Gasteiger partial charge in [0.1, 0.15) is 0 Å². The number of carbonyl (C=O) groups is 1. The van der Waals surface area contributed by atoms with E-state index in [0.29, 0.717) is 18.4 Å². The molecule has 2 aromatic rings. The Morgan fingerprint density at radius 1 is 1.45 bits per heavy atom. The highest BCUT2D eigenvalue weighted by Gasteiger charge is 2.13. The van der Waals surface area contributed by atoms with Crippen molar-refractivity contribution in [1.29, 1.82) is 0 Å². The molecule has 5 nitrogen and oxygen atoms in total. The summed E-state index contributed by atoms with van der Waals surface area (Å²) in [5, 5.41) is 19.0. The lowest BCUT2D eigenvalue weighted by Gasteiger charge is -2.14. The molecule has 0 saturated carbocycles. The van der Waals surface area contributed by atoms with Crippen LogP contribution in [0.3, 0.4) is 0 Å². The Bertz CT molecular complexity index is 663. The Morgan fingerprint density at radius 2 is 2.18 bits per heavy atom. The second kappa shape index (κ2) is 6.60. The van der Waals surface area contributed by atoms with Crippen LogP contribution in [0.4, 0.5) is 4.39 Å². The summed E-state index contributed by atoms with van der Waals surface area (Å²) in [5.74, 6) is -1.20. The van der Waals surface area contributed by atoms with Gasteiger partial charge in [-0.05, 0) is 50.5 Å². The van der Waals surface area contributed by atoms with Gasteiger partial charge in [0.05, 0.1) is 11.7 Å². The third-order valence-electron chi connectivity index (χ3n) is 3.73. The fourth-order valence-electron chi connectivity index (χ4n) is 2.37. The van der Waals surface area contributed by atoms with Crippen LogP contribution in [0.25, 0.3) is 0 Å². The summed E-state index contributed by atoms with van der Waals surface area (Å²) in [6, 6.07) is 3.78. The molecule has 118 valence electrons. The fourth-order valence-corrected chi connectivity index (χ4v) is 2.37. The fraction of sp³-hybridized carbons (Fsp3) is 0.375. The molecular weight excluding hydrogens is 285 g/mol. The molecule has 0 spiro atoms. The Morgan fingerprint density at radius 3 is 2.77 bits per heavy atom. The number of H-pyrrole nitrogens is 1. The number of phenols is 1. The number of aromatic amines is 1. The van der Waals surface area contributed by atoms with Crippen molar-refractivity contribution >= 4 is 5.91 Å². The summed E-state index contributed by atoms with van der Waals surface area (Å²) >= 11 is 0. The number of aromatic hydroxyl groups is 1. The van der Waals surface area contributed by atoms with Crippen molar-refractivity contribution in [2.24, 2.45) is 0 Å². The number of hydrogen-bond acceptors (Lipinski definition) is 3. The quantitative estimate of drug-likeness (QED) is 0.794. The molecule has 22 heavy (non-hydrogen) atoms. The molecule has 0 aliphatic rings. The highest BCUT2D eigenvalue weighted by atomic mass is 19.1. The summed E-state index contributed by atoms with van der Waals surface area (Å²) in [4.78, 5) is 12.0. The van der Waals surface area contributed by atoms with Gasteiger partial charge in [0, 0.05) is 12.1 Å². The SMILES string of the molecule is Cc1n[nH]c(C)c1CCC(=O)N[C@H](C)c1ccc(O)c(F)c1. The number of halogens is 1. The van der Waals surface area contributed by atoms with E-state index >= 15 is 0 Å². The van der Waals surface area contributed by atoms with Crippen molar-refractivity contribution < 1.29 is 14.3 Å². The van der Waals surface area contributed by atoms with Gasteiger partial charge in [0.25, 0.3) is 0 Å². The number of hydrogen-bond donors (Lipinski definition) is 3. The van der Waals surface area contributed by atoms with Gasteiger partial charge in [-0.15, -0.1) is 0 Å². The maximum Gasteiger partial charge on any atom is 0.220 e. The molecule has 0 fully saturated rings. The zero-order valence-electron chi connectivity index (χ0n) is 12.9. The summed E-state index contributed by atoms with van der Waals surface area (Å²) in [6.07, 6.45) is 0.947. The molecule has 1 aromatic heterocycles. The van der Waals surface area contributed by atoms with E-state index in [0.717, 1.165) is 17.0 Å². The number of rotatable bonds is 5. The van der Waals surface area contributed by atoms with Crippen LogP contribution in [0.5, 0.6) is 5.75 Å². The van der Waals surface area contributed by atoms with Gasteiger partial charge in [0.15, 0.2) is 11.6 Å². The first-order valence-electron chi connectivity index (χ1n) is 7.16. The molecule has 1 amide bonds. The molecule has 3 N–H and O–H groups in total. The number of amides is 1. The van der Waals surface area contributed by atoms with Crippen LogP contribution < -0.4 is 5.32 Å². The molecule has 2 rings (SSSR count). The number of carbonyl (C=O) groups excluding carboxylic acids is 1. The van der Waals surface area contributed by atoms with E-state index in [-0.39, 0.29) is 11.9 Å². The van der Waals surface area contributed by atoms with Crippen LogP contribution in [-0.2, 0) is 11.2 Å². The monoisotopic (exact) mass is 305 g/mol. The van der Waals surface area contributed by atoms with Crippen molar-refractivity contribution in [2.75, 3.05) is 0 Å². The van der Waals surface area contributed by atoms with E-state index in [1.807, 2.05) is 13.8 Å². The van der Waals surface area contributed by atoms with Crippen LogP contribution in [0.2, 0.25) is 0 Å². The van der Waals surface area contributed by atoms with E-state index in [1.54, 1.807) is 13.0 Å². The van der Waals surface area contributed by atoms with E-state index in [1.165, 1.54) is 12.1 Å². The third-order valence-corrected chi connectivity index (χ3v) is 3.73. The lowest BCUT2D eigenvalue weighted by atomic mass is 10.1. The largest absolute Gasteiger partial charge is 0.505 e. The summed E-state index contributed by atoms with van der Waals surface area (Å²) in [6.45, 7) is 5.60. The molecule has 0 unspecified atom stereocenters. The van der Waals surface area contributed by atoms with Crippen LogP contribution in [0.15, 0.2) is 18.2 Å². The second-order valence-electron chi connectivity index (χ2n) is 5.41. The molecule has 0 aliphatic carbocycles. The Hall–Kier alpha value is -2.37. The number of nitrogens with one attached hydrogen (secondary N) is 2. The van der Waals surface area contributed by atoms with Crippen molar-refractivity contribution in [3.05, 3.63) is 46.5 Å². The van der Waals surface area contributed by atoms with Gasteiger partial charge in [-0.3, -0.25) is 9.89 Å². The first kappa shape index (κ1) is 16.0. The van der Waals surface area contributed by atoms with Gasteiger partial charge in [-0.25, -0.2) is 4.39 Å². The minimum absolute atomic E-state index is 0.110. The zero-order chi connectivity index (χ0) is 16.3. The van der Waals surface area contributed by atoms with Gasteiger partial charge in [-0.1, -0.05) is 6.07 Å². The number of nitrogens with zero attached hydrogens (tertiary/aromatic N) is 1. The molecule has 0 aliphatic heterocycles. The predicted molar refractivity (Wildman–Crippen MR) is 81.0 cm³/mol. The first-order valence-corrected chi connectivity index (χ1v) is 7.16. The summed E-state index contributed by atoms with van der Waals surface area (Å²) in [7, 11) is 0. The van der Waals surface area contributed by atoms with Crippen molar-refractivity contribution in [3.8, 4) is 5.75 Å². The number of benzene rings is 1. The van der Waals surface area contributed by atoms with Crippen molar-refractivity contribution in [1.82, 2.24) is 15.5 Å².